The summed E-state index contributed by atoms with van der Waals surface area (Å²) in [5, 5.41) is 3.38. The van der Waals surface area contributed by atoms with E-state index in [0.29, 0.717) is 47.9 Å². The van der Waals surface area contributed by atoms with Crippen molar-refractivity contribution in [2.24, 2.45) is 13.0 Å². The third-order valence-electron chi connectivity index (χ3n) is 7.06. The molecule has 8 nitrogen and oxygen atoms in total. The van der Waals surface area contributed by atoms with Crippen LogP contribution < -0.4 is 10.9 Å². The molecule has 3 heterocycles. The summed E-state index contributed by atoms with van der Waals surface area (Å²) < 4.78 is 31.8. The Balaban J connectivity index is 1.74. The van der Waals surface area contributed by atoms with Crippen LogP contribution in [0.5, 0.6) is 0 Å². The number of pyridine rings is 1. The number of aryl methyl sites for hydroxylation is 1. The molecule has 190 valence electrons. The standard InChI is InChI=1S/C26H35N3O5S/c1-5-7-8-17(6-2)15-34-26(31)29-14-18-13-19(16-35(4,32)33)20-10-12-28(3)25(30)23(20)24-22(18)21(29)9-11-27-24/h10,12-14,17,21,27H,5-9,11,15-16H2,1-4H3. The lowest BCUT2D eigenvalue weighted by Gasteiger charge is -2.31. The van der Waals surface area contributed by atoms with E-state index in [0.717, 1.165) is 36.8 Å². The van der Waals surface area contributed by atoms with Crippen molar-refractivity contribution in [2.45, 2.75) is 52.0 Å². The maximum Gasteiger partial charge on any atom is 0.414 e. The lowest BCUT2D eigenvalue weighted by Crippen LogP contribution is -2.41. The minimum absolute atomic E-state index is 0.199. The molecule has 0 saturated carbocycles. The first-order valence-electron chi connectivity index (χ1n) is 12.4. The van der Waals surface area contributed by atoms with E-state index < -0.39 is 15.9 Å². The van der Waals surface area contributed by atoms with E-state index in [1.165, 1.54) is 10.8 Å². The van der Waals surface area contributed by atoms with E-state index in [1.807, 2.05) is 6.08 Å². The Morgan fingerprint density at radius 3 is 2.77 bits per heavy atom. The predicted molar refractivity (Wildman–Crippen MR) is 137 cm³/mol. The summed E-state index contributed by atoms with van der Waals surface area (Å²) in [6.07, 6.45) is 10.9. The number of sulfone groups is 1. The lowest BCUT2D eigenvalue weighted by atomic mass is 9.92. The van der Waals surface area contributed by atoms with E-state index in [9.17, 15) is 18.0 Å². The Kier molecular flexibility index (Phi) is 7.26. The molecule has 0 radical (unpaired) electrons. The fourth-order valence-corrected chi connectivity index (χ4v) is 5.95. The molecular weight excluding hydrogens is 466 g/mol. The molecule has 1 amide bonds. The number of unbranched alkanes of at least 4 members (excludes halogenated alkanes) is 1. The van der Waals surface area contributed by atoms with Crippen molar-refractivity contribution >= 4 is 27.2 Å². The van der Waals surface area contributed by atoms with E-state index >= 15 is 0 Å². The average molecular weight is 502 g/mol. The molecule has 0 spiro atoms. The van der Waals surface area contributed by atoms with Crippen LogP contribution in [0.3, 0.4) is 0 Å². The Morgan fingerprint density at radius 2 is 2.09 bits per heavy atom. The number of allylic oxidation sites excluding steroid dienone is 1. The van der Waals surface area contributed by atoms with Crippen molar-refractivity contribution in [2.75, 3.05) is 25.2 Å². The summed E-state index contributed by atoms with van der Waals surface area (Å²) in [6, 6.07) is 1.53. The van der Waals surface area contributed by atoms with Crippen LogP contribution in [0.2, 0.25) is 0 Å². The first-order valence-corrected chi connectivity index (χ1v) is 14.4. The molecule has 2 aliphatic heterocycles. The molecule has 1 aromatic rings. The van der Waals surface area contributed by atoms with Crippen molar-refractivity contribution < 1.29 is 17.9 Å². The van der Waals surface area contributed by atoms with Gasteiger partial charge in [-0.05, 0) is 47.6 Å². The van der Waals surface area contributed by atoms with E-state index in [2.05, 4.69) is 19.2 Å². The zero-order valence-electron chi connectivity index (χ0n) is 21.0. The molecule has 2 unspecified atom stereocenters. The highest BCUT2D eigenvalue weighted by Crippen LogP contribution is 2.42. The van der Waals surface area contributed by atoms with Crippen LogP contribution in [0.4, 0.5) is 4.79 Å². The molecule has 1 N–H and O–H groups in total. The second-order valence-corrected chi connectivity index (χ2v) is 11.9. The number of carbonyl (C=O) groups is 1. The highest BCUT2D eigenvalue weighted by molar-refractivity contribution is 7.91. The number of fused-ring (bicyclic) bond motifs is 2. The van der Waals surface area contributed by atoms with Crippen LogP contribution in [0.1, 0.15) is 57.1 Å². The minimum atomic E-state index is -3.36. The second kappa shape index (κ2) is 10.0. The topological polar surface area (TPSA) is 97.7 Å². The Labute approximate surface area is 207 Å². The summed E-state index contributed by atoms with van der Waals surface area (Å²) in [4.78, 5) is 28.1. The third kappa shape index (κ3) is 5.10. The SMILES string of the molecule is CCCCC(CC)COC(=O)N1C=C2C=C(CS(C)(=O)=O)c3ccn(C)c(=O)c3C3=C2C1CCN3. The number of nitrogens with zero attached hydrogens (tertiary/aromatic N) is 2. The highest BCUT2D eigenvalue weighted by atomic mass is 32.2. The number of hydrogen-bond donors (Lipinski definition) is 1. The molecule has 9 heteroatoms. The molecule has 0 fully saturated rings. The van der Waals surface area contributed by atoms with Gasteiger partial charge < -0.3 is 14.6 Å². The molecule has 1 aromatic heterocycles. The van der Waals surface area contributed by atoms with Crippen molar-refractivity contribution in [3.63, 3.8) is 0 Å². The summed E-state index contributed by atoms with van der Waals surface area (Å²) in [7, 11) is -1.69. The number of ether oxygens (including phenoxy) is 1. The minimum Gasteiger partial charge on any atom is -0.449 e. The van der Waals surface area contributed by atoms with Crippen LogP contribution in [0.25, 0.3) is 11.3 Å². The number of rotatable bonds is 8. The maximum absolute atomic E-state index is 13.3. The van der Waals surface area contributed by atoms with Crippen LogP contribution in [-0.4, -0.2) is 55.2 Å². The van der Waals surface area contributed by atoms with Gasteiger partial charge >= 0.3 is 6.09 Å². The quantitative estimate of drug-likeness (QED) is 0.586. The van der Waals surface area contributed by atoms with Gasteiger partial charge in [0, 0.05) is 37.8 Å². The van der Waals surface area contributed by atoms with Gasteiger partial charge in [0.1, 0.15) is 0 Å². The normalized spacial score (nSPS) is 19.8. The van der Waals surface area contributed by atoms with Crippen molar-refractivity contribution in [1.82, 2.24) is 14.8 Å². The molecule has 3 aliphatic rings. The molecule has 4 rings (SSSR count). The first-order chi connectivity index (χ1) is 16.6. The summed E-state index contributed by atoms with van der Waals surface area (Å²) in [6.45, 7) is 5.23. The van der Waals surface area contributed by atoms with Gasteiger partial charge in [0.25, 0.3) is 5.56 Å². The molecule has 0 bridgehead atoms. The van der Waals surface area contributed by atoms with Gasteiger partial charge in [-0.3, -0.25) is 9.69 Å². The first kappa shape index (κ1) is 25.3. The Bertz CT molecular complexity index is 1270. The average Bonchev–Trinajstić information content (AvgIpc) is 3.12. The van der Waals surface area contributed by atoms with Gasteiger partial charge in [-0.15, -0.1) is 0 Å². The molecular formula is C26H35N3O5S. The smallest absolute Gasteiger partial charge is 0.414 e. The van der Waals surface area contributed by atoms with Crippen molar-refractivity contribution in [1.29, 1.82) is 0 Å². The second-order valence-electron chi connectivity index (χ2n) is 9.77. The zero-order chi connectivity index (χ0) is 25.3. The number of nitrogens with one attached hydrogen (secondary N) is 1. The largest absolute Gasteiger partial charge is 0.449 e. The molecule has 0 aromatic carbocycles. The van der Waals surface area contributed by atoms with Gasteiger partial charge in [0.05, 0.1) is 29.7 Å². The number of hydrogen-bond acceptors (Lipinski definition) is 6. The molecule has 1 aliphatic carbocycles. The lowest BCUT2D eigenvalue weighted by molar-refractivity contribution is 0.0915. The van der Waals surface area contributed by atoms with Crippen LogP contribution in [0.15, 0.2) is 40.5 Å². The molecule has 2 atom stereocenters. The van der Waals surface area contributed by atoms with Gasteiger partial charge in [-0.1, -0.05) is 33.1 Å². The van der Waals surface area contributed by atoms with E-state index in [-0.39, 0.29) is 17.4 Å². The fourth-order valence-electron chi connectivity index (χ4n) is 5.15. The summed E-state index contributed by atoms with van der Waals surface area (Å²) >= 11 is 0. The summed E-state index contributed by atoms with van der Waals surface area (Å²) in [5.41, 5.74) is 3.66. The predicted octanol–water partition coefficient (Wildman–Crippen LogP) is 3.45. The van der Waals surface area contributed by atoms with Gasteiger partial charge in [-0.25, -0.2) is 13.2 Å². The Morgan fingerprint density at radius 1 is 1.31 bits per heavy atom. The van der Waals surface area contributed by atoms with Crippen molar-refractivity contribution in [3.8, 4) is 0 Å². The number of aromatic nitrogens is 1. The van der Waals surface area contributed by atoms with E-state index in [4.69, 9.17) is 4.74 Å². The van der Waals surface area contributed by atoms with E-state index in [1.54, 1.807) is 30.4 Å². The zero-order valence-corrected chi connectivity index (χ0v) is 21.8. The molecule has 0 saturated heterocycles. The van der Waals surface area contributed by atoms with Crippen LogP contribution >= 0.6 is 0 Å². The van der Waals surface area contributed by atoms with Crippen molar-refractivity contribution in [3.05, 3.63) is 57.2 Å². The number of carbonyl (C=O) groups excluding carboxylic acids is 1. The van der Waals surface area contributed by atoms with Crippen LogP contribution in [0, 0.1) is 5.92 Å². The van der Waals surface area contributed by atoms with Crippen LogP contribution in [-0.2, 0) is 21.6 Å². The monoisotopic (exact) mass is 501 g/mol. The maximum atomic E-state index is 13.3. The summed E-state index contributed by atoms with van der Waals surface area (Å²) in [5.74, 6) is 0.133. The third-order valence-corrected chi connectivity index (χ3v) is 7.89. The number of amides is 1. The highest BCUT2D eigenvalue weighted by Gasteiger charge is 2.41. The fraction of sp³-hybridized carbons (Fsp3) is 0.538. The van der Waals surface area contributed by atoms with Gasteiger partial charge in [-0.2, -0.15) is 0 Å². The van der Waals surface area contributed by atoms with Gasteiger partial charge in [0.15, 0.2) is 9.84 Å². The molecule has 35 heavy (non-hydrogen) atoms. The Hall–Kier alpha value is -2.81. The van der Waals surface area contributed by atoms with Gasteiger partial charge in [0.2, 0.25) is 0 Å².